The highest BCUT2D eigenvalue weighted by atomic mass is 16.5. The highest BCUT2D eigenvalue weighted by Crippen LogP contribution is 2.19. The van der Waals surface area contributed by atoms with Crippen LogP contribution in [-0.2, 0) is 6.61 Å². The van der Waals surface area contributed by atoms with E-state index < -0.39 is 0 Å². The molecule has 3 nitrogen and oxygen atoms in total. The summed E-state index contributed by atoms with van der Waals surface area (Å²) in [7, 11) is 0. The molecule has 0 fully saturated rings. The quantitative estimate of drug-likeness (QED) is 0.684. The molecule has 120 valence electrons. The van der Waals surface area contributed by atoms with Crippen molar-refractivity contribution in [2.45, 2.75) is 13.5 Å². The van der Waals surface area contributed by atoms with E-state index in [1.165, 1.54) is 6.07 Å². The first kappa shape index (κ1) is 15.8. The van der Waals surface area contributed by atoms with Gasteiger partial charge in [0.15, 0.2) is 5.76 Å². The van der Waals surface area contributed by atoms with Crippen LogP contribution in [0.15, 0.2) is 75.9 Å². The third-order valence-corrected chi connectivity index (χ3v) is 3.51. The Morgan fingerprint density at radius 3 is 2.33 bits per heavy atom. The van der Waals surface area contributed by atoms with E-state index in [2.05, 4.69) is 0 Å². The summed E-state index contributed by atoms with van der Waals surface area (Å²) in [5.74, 6) is 1.22. The minimum absolute atomic E-state index is 0.178. The van der Waals surface area contributed by atoms with Crippen molar-refractivity contribution in [1.82, 2.24) is 0 Å². The normalized spacial score (nSPS) is 10.9. The van der Waals surface area contributed by atoms with Crippen molar-refractivity contribution in [1.29, 1.82) is 0 Å². The lowest BCUT2D eigenvalue weighted by molar-refractivity contribution is 0.289. The molecule has 0 radical (unpaired) electrons. The molecule has 0 bridgehead atoms. The summed E-state index contributed by atoms with van der Waals surface area (Å²) in [5, 5.41) is 0. The van der Waals surface area contributed by atoms with Crippen molar-refractivity contribution in [2.24, 2.45) is 0 Å². The predicted molar refractivity (Wildman–Crippen MR) is 95.9 cm³/mol. The summed E-state index contributed by atoms with van der Waals surface area (Å²) in [6, 6.07) is 21.0. The summed E-state index contributed by atoms with van der Waals surface area (Å²) in [5.41, 5.74) is 1.84. The number of aryl methyl sites for hydroxylation is 1. The third-order valence-electron chi connectivity index (χ3n) is 3.51. The highest BCUT2D eigenvalue weighted by molar-refractivity contribution is 5.69. The second-order valence-corrected chi connectivity index (χ2v) is 5.43. The van der Waals surface area contributed by atoms with Crippen LogP contribution < -0.4 is 10.2 Å². The van der Waals surface area contributed by atoms with Crippen molar-refractivity contribution in [2.75, 3.05) is 0 Å². The van der Waals surface area contributed by atoms with Crippen molar-refractivity contribution in [3.63, 3.8) is 0 Å². The van der Waals surface area contributed by atoms with Crippen LogP contribution >= 0.6 is 0 Å². The van der Waals surface area contributed by atoms with Gasteiger partial charge in [0.1, 0.15) is 12.4 Å². The van der Waals surface area contributed by atoms with E-state index in [1.807, 2.05) is 66.7 Å². The molecule has 0 atom stereocenters. The van der Waals surface area contributed by atoms with Crippen molar-refractivity contribution < 1.29 is 9.15 Å². The summed E-state index contributed by atoms with van der Waals surface area (Å²) < 4.78 is 11.4. The van der Waals surface area contributed by atoms with E-state index in [0.29, 0.717) is 18.1 Å². The van der Waals surface area contributed by atoms with Gasteiger partial charge in [-0.05, 0) is 24.1 Å². The van der Waals surface area contributed by atoms with Gasteiger partial charge in [-0.2, -0.15) is 0 Å². The average Bonchev–Trinajstić information content (AvgIpc) is 2.61. The number of benzene rings is 2. The van der Waals surface area contributed by atoms with Crippen LogP contribution in [0, 0.1) is 6.92 Å². The lowest BCUT2D eigenvalue weighted by atomic mass is 10.2. The molecule has 0 aliphatic rings. The lowest BCUT2D eigenvalue weighted by Crippen LogP contribution is -2.09. The van der Waals surface area contributed by atoms with Crippen molar-refractivity contribution >= 4 is 12.2 Å². The number of ether oxygens (including phenoxy) is 1. The van der Waals surface area contributed by atoms with Gasteiger partial charge in [0.05, 0.1) is 0 Å². The zero-order valence-electron chi connectivity index (χ0n) is 13.4. The SMILES string of the molecule is Cc1cc(=O)c(OCc2ccccc2)c(/C=C/c2ccccc2)o1. The van der Waals surface area contributed by atoms with E-state index in [0.717, 1.165) is 11.1 Å². The largest absolute Gasteiger partial charge is 0.481 e. The van der Waals surface area contributed by atoms with Crippen molar-refractivity contribution in [3.8, 4) is 5.75 Å². The Labute approximate surface area is 140 Å². The standard InChI is InChI=1S/C21H18O3/c1-16-14-19(22)21(23-15-18-10-6-3-7-11-18)20(24-16)13-12-17-8-4-2-5-9-17/h2-14H,15H2,1H3/b13-12+. The van der Waals surface area contributed by atoms with Gasteiger partial charge in [-0.15, -0.1) is 0 Å². The molecule has 0 unspecified atom stereocenters. The first-order valence-electron chi connectivity index (χ1n) is 7.77. The van der Waals surface area contributed by atoms with Gasteiger partial charge >= 0.3 is 0 Å². The molecule has 0 amide bonds. The summed E-state index contributed by atoms with van der Waals surface area (Å²) >= 11 is 0. The minimum Gasteiger partial charge on any atom is -0.481 e. The maximum absolute atomic E-state index is 12.3. The van der Waals surface area contributed by atoms with E-state index in [4.69, 9.17) is 9.15 Å². The molecule has 1 aromatic heterocycles. The van der Waals surface area contributed by atoms with E-state index >= 15 is 0 Å². The van der Waals surface area contributed by atoms with Gasteiger partial charge in [-0.25, -0.2) is 0 Å². The topological polar surface area (TPSA) is 39.4 Å². The maximum Gasteiger partial charge on any atom is 0.227 e. The molecule has 0 saturated heterocycles. The molecule has 3 aromatic rings. The number of rotatable bonds is 5. The molecule has 3 rings (SSSR count). The Morgan fingerprint density at radius 1 is 0.958 bits per heavy atom. The number of hydrogen-bond acceptors (Lipinski definition) is 3. The zero-order valence-corrected chi connectivity index (χ0v) is 13.4. The second-order valence-electron chi connectivity index (χ2n) is 5.43. The Hall–Kier alpha value is -3.07. The minimum atomic E-state index is -0.178. The van der Waals surface area contributed by atoms with E-state index in [1.54, 1.807) is 13.0 Å². The van der Waals surface area contributed by atoms with Crippen LogP contribution in [-0.4, -0.2) is 0 Å². The fourth-order valence-corrected chi connectivity index (χ4v) is 2.34. The number of hydrogen-bond donors (Lipinski definition) is 0. The molecule has 0 aliphatic heterocycles. The van der Waals surface area contributed by atoms with Gasteiger partial charge in [0.25, 0.3) is 0 Å². The highest BCUT2D eigenvalue weighted by Gasteiger charge is 2.10. The van der Waals surface area contributed by atoms with Crippen LogP contribution in [0.2, 0.25) is 0 Å². The molecule has 2 aromatic carbocycles. The van der Waals surface area contributed by atoms with Crippen LogP contribution in [0.4, 0.5) is 0 Å². The maximum atomic E-state index is 12.3. The lowest BCUT2D eigenvalue weighted by Gasteiger charge is -2.08. The fourth-order valence-electron chi connectivity index (χ4n) is 2.34. The van der Waals surface area contributed by atoms with E-state index in [-0.39, 0.29) is 11.2 Å². The molecule has 3 heteroatoms. The second kappa shape index (κ2) is 7.47. The summed E-state index contributed by atoms with van der Waals surface area (Å²) in [6.45, 7) is 2.07. The Morgan fingerprint density at radius 2 is 1.62 bits per heavy atom. The molecular weight excluding hydrogens is 300 g/mol. The molecule has 1 heterocycles. The van der Waals surface area contributed by atoms with Gasteiger partial charge < -0.3 is 9.15 Å². The smallest absolute Gasteiger partial charge is 0.227 e. The Balaban J connectivity index is 1.88. The average molecular weight is 318 g/mol. The third kappa shape index (κ3) is 4.02. The van der Waals surface area contributed by atoms with Gasteiger partial charge in [-0.3, -0.25) is 4.79 Å². The molecule has 0 saturated carbocycles. The summed E-state index contributed by atoms with van der Waals surface area (Å²) in [6.07, 6.45) is 3.66. The Kier molecular flexibility index (Phi) is 4.92. The predicted octanol–water partition coefficient (Wildman–Crippen LogP) is 4.70. The zero-order chi connectivity index (χ0) is 16.8. The first-order valence-corrected chi connectivity index (χ1v) is 7.77. The molecule has 0 aliphatic carbocycles. The van der Waals surface area contributed by atoms with Gasteiger partial charge in [0, 0.05) is 6.07 Å². The van der Waals surface area contributed by atoms with Crippen LogP contribution in [0.1, 0.15) is 22.6 Å². The summed E-state index contributed by atoms with van der Waals surface area (Å²) in [4.78, 5) is 12.3. The van der Waals surface area contributed by atoms with Gasteiger partial charge in [0.2, 0.25) is 11.2 Å². The monoisotopic (exact) mass is 318 g/mol. The molecular formula is C21H18O3. The molecule has 0 spiro atoms. The van der Waals surface area contributed by atoms with E-state index in [9.17, 15) is 4.79 Å². The van der Waals surface area contributed by atoms with Crippen LogP contribution in [0.25, 0.3) is 12.2 Å². The molecule has 0 N–H and O–H groups in total. The Bertz CT molecular complexity index is 878. The van der Waals surface area contributed by atoms with Gasteiger partial charge in [-0.1, -0.05) is 66.7 Å². The van der Waals surface area contributed by atoms with Crippen LogP contribution in [0.5, 0.6) is 5.75 Å². The molecule has 24 heavy (non-hydrogen) atoms. The fraction of sp³-hybridized carbons (Fsp3) is 0.0952. The van der Waals surface area contributed by atoms with Crippen LogP contribution in [0.3, 0.4) is 0 Å². The first-order chi connectivity index (χ1) is 11.7. The van der Waals surface area contributed by atoms with Crippen molar-refractivity contribution in [3.05, 3.63) is 99.6 Å².